The predicted octanol–water partition coefficient (Wildman–Crippen LogP) is 2.87. The smallest absolute Gasteiger partial charge is 0.137 e. The van der Waals surface area contributed by atoms with Gasteiger partial charge in [-0.3, -0.25) is 9.69 Å². The number of hydrogen-bond donors (Lipinski definition) is 0. The highest BCUT2D eigenvalue weighted by molar-refractivity contribution is 5.82. The molecule has 1 heterocycles. The number of carbonyl (C=O) groups excluding carboxylic acids is 1. The molecule has 2 aliphatic rings. The number of rotatable bonds is 3. The maximum atomic E-state index is 12.0. The van der Waals surface area contributed by atoms with Crippen LogP contribution in [0.4, 0.5) is 0 Å². The third-order valence-electron chi connectivity index (χ3n) is 4.08. The van der Waals surface area contributed by atoms with Crippen LogP contribution in [0.25, 0.3) is 0 Å². The van der Waals surface area contributed by atoms with E-state index < -0.39 is 0 Å². The fourth-order valence-electron chi connectivity index (χ4n) is 3.42. The van der Waals surface area contributed by atoms with Gasteiger partial charge in [0.15, 0.2) is 0 Å². The van der Waals surface area contributed by atoms with Gasteiger partial charge in [-0.25, -0.2) is 0 Å². The SMILES string of the molecule is CC(C)CN1CCCC1C1CCCCC1=O. The zero-order valence-electron chi connectivity index (χ0n) is 10.7. The molecule has 2 unspecified atom stereocenters. The van der Waals surface area contributed by atoms with Crippen LogP contribution in [-0.4, -0.2) is 29.8 Å². The Hall–Kier alpha value is -0.370. The number of nitrogens with zero attached hydrogens (tertiary/aromatic N) is 1. The van der Waals surface area contributed by atoms with Crippen molar-refractivity contribution >= 4 is 5.78 Å². The second-order valence-corrected chi connectivity index (χ2v) is 5.92. The molecule has 1 aliphatic heterocycles. The molecular formula is C14H25NO. The molecule has 2 fully saturated rings. The van der Waals surface area contributed by atoms with Crippen LogP contribution in [-0.2, 0) is 4.79 Å². The molecule has 0 aromatic heterocycles. The molecule has 2 rings (SSSR count). The minimum atomic E-state index is 0.370. The minimum Gasteiger partial charge on any atom is -0.299 e. The molecule has 0 aromatic carbocycles. The highest BCUT2D eigenvalue weighted by atomic mass is 16.1. The van der Waals surface area contributed by atoms with Crippen molar-refractivity contribution < 1.29 is 4.79 Å². The van der Waals surface area contributed by atoms with Gasteiger partial charge in [-0.05, 0) is 38.1 Å². The maximum Gasteiger partial charge on any atom is 0.137 e. The van der Waals surface area contributed by atoms with E-state index in [-0.39, 0.29) is 0 Å². The van der Waals surface area contributed by atoms with E-state index in [2.05, 4.69) is 18.7 Å². The lowest BCUT2D eigenvalue weighted by Gasteiger charge is -2.33. The molecule has 0 N–H and O–H groups in total. The first-order chi connectivity index (χ1) is 7.68. The third-order valence-corrected chi connectivity index (χ3v) is 4.08. The fourth-order valence-corrected chi connectivity index (χ4v) is 3.42. The van der Waals surface area contributed by atoms with Crippen molar-refractivity contribution in [3.05, 3.63) is 0 Å². The summed E-state index contributed by atoms with van der Waals surface area (Å²) in [6.07, 6.45) is 6.94. The molecular weight excluding hydrogens is 198 g/mol. The van der Waals surface area contributed by atoms with E-state index in [1.165, 1.54) is 32.4 Å². The summed E-state index contributed by atoms with van der Waals surface area (Å²) in [7, 11) is 0. The molecule has 0 bridgehead atoms. The normalized spacial score (nSPS) is 32.6. The lowest BCUT2D eigenvalue weighted by atomic mass is 9.81. The topological polar surface area (TPSA) is 20.3 Å². The largest absolute Gasteiger partial charge is 0.299 e. The van der Waals surface area contributed by atoms with Crippen molar-refractivity contribution in [2.45, 2.75) is 58.4 Å². The van der Waals surface area contributed by atoms with Gasteiger partial charge in [-0.2, -0.15) is 0 Å². The maximum absolute atomic E-state index is 12.0. The molecule has 2 atom stereocenters. The number of hydrogen-bond acceptors (Lipinski definition) is 2. The molecule has 2 nitrogen and oxygen atoms in total. The number of ketones is 1. The van der Waals surface area contributed by atoms with Crippen LogP contribution >= 0.6 is 0 Å². The zero-order chi connectivity index (χ0) is 11.5. The highest BCUT2D eigenvalue weighted by Crippen LogP contribution is 2.32. The van der Waals surface area contributed by atoms with Crippen LogP contribution in [0.1, 0.15) is 52.4 Å². The average Bonchev–Trinajstić information content (AvgIpc) is 2.66. The van der Waals surface area contributed by atoms with Crippen molar-refractivity contribution in [3.63, 3.8) is 0 Å². The van der Waals surface area contributed by atoms with E-state index in [4.69, 9.17) is 0 Å². The molecule has 1 saturated heterocycles. The second-order valence-electron chi connectivity index (χ2n) is 5.92. The van der Waals surface area contributed by atoms with Gasteiger partial charge in [0.25, 0.3) is 0 Å². The average molecular weight is 223 g/mol. The summed E-state index contributed by atoms with van der Waals surface area (Å²) >= 11 is 0. The third kappa shape index (κ3) is 2.65. The van der Waals surface area contributed by atoms with Gasteiger partial charge in [0.05, 0.1) is 0 Å². The monoisotopic (exact) mass is 223 g/mol. The summed E-state index contributed by atoms with van der Waals surface area (Å²) < 4.78 is 0. The van der Waals surface area contributed by atoms with Crippen LogP contribution in [0, 0.1) is 11.8 Å². The standard InChI is InChI=1S/C14H25NO/c1-11(2)10-15-9-5-7-13(15)12-6-3-4-8-14(12)16/h11-13H,3-10H2,1-2H3. The quantitative estimate of drug-likeness (QED) is 0.733. The van der Waals surface area contributed by atoms with Crippen molar-refractivity contribution in [1.29, 1.82) is 0 Å². The van der Waals surface area contributed by atoms with Crippen LogP contribution in [0.5, 0.6) is 0 Å². The van der Waals surface area contributed by atoms with E-state index in [1.807, 2.05) is 0 Å². The van der Waals surface area contributed by atoms with E-state index in [0.717, 1.165) is 25.2 Å². The first kappa shape index (κ1) is 12.1. The van der Waals surface area contributed by atoms with Crippen molar-refractivity contribution in [1.82, 2.24) is 4.90 Å². The first-order valence-corrected chi connectivity index (χ1v) is 6.95. The lowest BCUT2D eigenvalue weighted by Crippen LogP contribution is -2.42. The van der Waals surface area contributed by atoms with Gasteiger partial charge >= 0.3 is 0 Å². The summed E-state index contributed by atoms with van der Waals surface area (Å²) in [6.45, 7) is 6.94. The predicted molar refractivity (Wildman–Crippen MR) is 66.4 cm³/mol. The van der Waals surface area contributed by atoms with E-state index >= 15 is 0 Å². The van der Waals surface area contributed by atoms with Gasteiger partial charge in [-0.1, -0.05) is 20.3 Å². The highest BCUT2D eigenvalue weighted by Gasteiger charge is 2.36. The summed E-state index contributed by atoms with van der Waals surface area (Å²) in [4.78, 5) is 14.6. The van der Waals surface area contributed by atoms with Crippen molar-refractivity contribution in [2.75, 3.05) is 13.1 Å². The first-order valence-electron chi connectivity index (χ1n) is 6.95. The van der Waals surface area contributed by atoms with Crippen LogP contribution in [0.2, 0.25) is 0 Å². The van der Waals surface area contributed by atoms with Crippen LogP contribution < -0.4 is 0 Å². The van der Waals surface area contributed by atoms with Gasteiger partial charge in [0.1, 0.15) is 5.78 Å². The zero-order valence-corrected chi connectivity index (χ0v) is 10.7. The summed E-state index contributed by atoms with van der Waals surface area (Å²) in [6, 6.07) is 0.579. The van der Waals surface area contributed by atoms with Crippen LogP contribution in [0.3, 0.4) is 0 Å². The Morgan fingerprint density at radius 3 is 2.75 bits per heavy atom. The molecule has 92 valence electrons. The van der Waals surface area contributed by atoms with Crippen LogP contribution in [0.15, 0.2) is 0 Å². The Morgan fingerprint density at radius 1 is 1.25 bits per heavy atom. The molecule has 0 spiro atoms. The molecule has 0 aromatic rings. The Kier molecular flexibility index (Phi) is 4.01. The van der Waals surface area contributed by atoms with E-state index in [1.54, 1.807) is 0 Å². The van der Waals surface area contributed by atoms with E-state index in [9.17, 15) is 4.79 Å². The van der Waals surface area contributed by atoms with Gasteiger partial charge in [0, 0.05) is 24.9 Å². The van der Waals surface area contributed by atoms with Gasteiger partial charge < -0.3 is 0 Å². The van der Waals surface area contributed by atoms with Crippen molar-refractivity contribution in [2.24, 2.45) is 11.8 Å². The van der Waals surface area contributed by atoms with Gasteiger partial charge in [-0.15, -0.1) is 0 Å². The number of likely N-dealkylation sites (tertiary alicyclic amines) is 1. The molecule has 2 heteroatoms. The number of carbonyl (C=O) groups is 1. The Labute approximate surface area is 99.4 Å². The summed E-state index contributed by atoms with van der Waals surface area (Å²) in [5, 5.41) is 0. The molecule has 0 amide bonds. The summed E-state index contributed by atoms with van der Waals surface area (Å²) in [5.74, 6) is 1.64. The molecule has 1 aliphatic carbocycles. The van der Waals surface area contributed by atoms with Crippen molar-refractivity contribution in [3.8, 4) is 0 Å². The van der Waals surface area contributed by atoms with E-state index in [0.29, 0.717) is 17.7 Å². The molecule has 16 heavy (non-hydrogen) atoms. The van der Waals surface area contributed by atoms with Gasteiger partial charge in [0.2, 0.25) is 0 Å². The Morgan fingerprint density at radius 2 is 2.06 bits per heavy atom. The fraction of sp³-hybridized carbons (Fsp3) is 0.929. The number of Topliss-reactive ketones (excluding diaryl/α,β-unsaturated/α-hetero) is 1. The molecule has 1 saturated carbocycles. The Bertz CT molecular complexity index is 249. The minimum absolute atomic E-state index is 0.370. The lowest BCUT2D eigenvalue weighted by molar-refractivity contribution is -0.126. The molecule has 0 radical (unpaired) electrons. The Balaban J connectivity index is 1.98. The summed E-state index contributed by atoms with van der Waals surface area (Å²) in [5.41, 5.74) is 0. The second kappa shape index (κ2) is 5.31.